The second kappa shape index (κ2) is 9.09. The molecule has 0 saturated carbocycles. The van der Waals surface area contributed by atoms with Gasteiger partial charge in [-0.3, -0.25) is 14.5 Å². The van der Waals surface area contributed by atoms with Gasteiger partial charge in [0.05, 0.1) is 6.61 Å². The lowest BCUT2D eigenvalue weighted by Gasteiger charge is -2.25. The molecule has 0 radical (unpaired) electrons. The topological polar surface area (TPSA) is 79.0 Å². The van der Waals surface area contributed by atoms with Crippen LogP contribution in [-0.2, 0) is 26.4 Å². The molecule has 0 aromatic heterocycles. The van der Waals surface area contributed by atoms with E-state index in [-0.39, 0.29) is 12.5 Å². The number of hydrogen-bond donors (Lipinski definition) is 1. The van der Waals surface area contributed by atoms with Crippen molar-refractivity contribution in [1.29, 1.82) is 0 Å². The Bertz CT molecular complexity index is 914. The van der Waals surface area contributed by atoms with Crippen molar-refractivity contribution < 1.29 is 19.1 Å². The normalized spacial score (nSPS) is 18.4. The van der Waals surface area contributed by atoms with Gasteiger partial charge in [0.25, 0.3) is 5.91 Å². The van der Waals surface area contributed by atoms with E-state index in [2.05, 4.69) is 5.32 Å². The van der Waals surface area contributed by atoms with E-state index in [4.69, 9.17) is 4.74 Å². The first-order valence-electron chi connectivity index (χ1n) is 9.87. The number of ether oxygens (including phenoxy) is 1. The van der Waals surface area contributed by atoms with E-state index in [9.17, 15) is 14.4 Å². The number of hydrogen-bond acceptors (Lipinski definition) is 4. The molecular weight excluding hydrogens is 382 g/mol. The van der Waals surface area contributed by atoms with E-state index in [1.807, 2.05) is 61.5 Å². The predicted octanol–water partition coefficient (Wildman–Crippen LogP) is 2.44. The van der Waals surface area contributed by atoms with Crippen molar-refractivity contribution in [3.63, 3.8) is 0 Å². The second-order valence-electron chi connectivity index (χ2n) is 7.61. The van der Waals surface area contributed by atoms with Gasteiger partial charge in [-0.2, -0.15) is 0 Å². The fraction of sp³-hybridized carbons (Fsp3) is 0.348. The number of methoxy groups -OCH3 is 1. The molecule has 0 spiro atoms. The number of carbonyl (C=O) groups excluding carboxylic acids is 3. The Morgan fingerprint density at radius 2 is 1.77 bits per heavy atom. The summed E-state index contributed by atoms with van der Waals surface area (Å²) in [6.07, 6.45) is 0. The third-order valence-electron chi connectivity index (χ3n) is 5.33. The number of nitrogens with one attached hydrogen (secondary N) is 1. The Kier molecular flexibility index (Phi) is 6.52. The minimum atomic E-state index is -1.19. The van der Waals surface area contributed by atoms with E-state index < -0.39 is 17.5 Å². The quantitative estimate of drug-likeness (QED) is 0.680. The number of aryl methyl sites for hydroxylation is 1. The van der Waals surface area contributed by atoms with E-state index in [0.717, 1.165) is 16.0 Å². The minimum Gasteiger partial charge on any atom is -0.383 e. The van der Waals surface area contributed by atoms with Crippen LogP contribution in [0.3, 0.4) is 0 Å². The third-order valence-corrected chi connectivity index (χ3v) is 5.33. The Hall–Kier alpha value is -3.19. The Morgan fingerprint density at radius 1 is 1.10 bits per heavy atom. The molecule has 1 aliphatic heterocycles. The van der Waals surface area contributed by atoms with Crippen molar-refractivity contribution in [2.24, 2.45) is 0 Å². The van der Waals surface area contributed by atoms with Crippen LogP contribution in [0.5, 0.6) is 0 Å². The van der Waals surface area contributed by atoms with Gasteiger partial charge in [0, 0.05) is 20.2 Å². The molecule has 2 aromatic rings. The van der Waals surface area contributed by atoms with Crippen molar-refractivity contribution in [2.45, 2.75) is 25.9 Å². The smallest absolute Gasteiger partial charge is 0.325 e. The number of benzene rings is 2. The molecular formula is C23H27N3O4. The highest BCUT2D eigenvalue weighted by Crippen LogP contribution is 2.29. The number of nitrogens with zero attached hydrogens (tertiary/aromatic N) is 2. The van der Waals surface area contributed by atoms with E-state index in [1.54, 1.807) is 18.9 Å². The molecule has 1 N–H and O–H groups in total. The summed E-state index contributed by atoms with van der Waals surface area (Å²) in [6, 6.07) is 16.4. The van der Waals surface area contributed by atoms with Gasteiger partial charge in [-0.1, -0.05) is 60.2 Å². The Morgan fingerprint density at radius 3 is 2.40 bits per heavy atom. The molecule has 4 amide bonds. The van der Waals surface area contributed by atoms with Gasteiger partial charge in [-0.15, -0.1) is 0 Å². The predicted molar refractivity (Wildman–Crippen MR) is 113 cm³/mol. The van der Waals surface area contributed by atoms with Crippen molar-refractivity contribution in [3.8, 4) is 0 Å². The van der Waals surface area contributed by atoms with Crippen molar-refractivity contribution in [2.75, 3.05) is 26.8 Å². The van der Waals surface area contributed by atoms with Crippen LogP contribution in [0.4, 0.5) is 4.79 Å². The first-order chi connectivity index (χ1) is 14.3. The highest BCUT2D eigenvalue weighted by atomic mass is 16.5. The summed E-state index contributed by atoms with van der Waals surface area (Å²) >= 11 is 0. The molecule has 158 valence electrons. The zero-order valence-electron chi connectivity index (χ0n) is 17.6. The zero-order valence-corrected chi connectivity index (χ0v) is 17.6. The first-order valence-corrected chi connectivity index (χ1v) is 9.87. The summed E-state index contributed by atoms with van der Waals surface area (Å²) in [5, 5.41) is 2.75. The highest BCUT2D eigenvalue weighted by molar-refractivity contribution is 6.09. The zero-order chi connectivity index (χ0) is 21.7. The summed E-state index contributed by atoms with van der Waals surface area (Å²) in [4.78, 5) is 41.3. The van der Waals surface area contributed by atoms with Crippen molar-refractivity contribution >= 4 is 17.8 Å². The van der Waals surface area contributed by atoms with E-state index in [1.165, 1.54) is 0 Å². The van der Waals surface area contributed by atoms with E-state index >= 15 is 0 Å². The molecule has 1 aliphatic rings. The number of amides is 4. The highest BCUT2D eigenvalue weighted by Gasteiger charge is 2.49. The lowest BCUT2D eigenvalue weighted by Crippen LogP contribution is -2.45. The Labute approximate surface area is 176 Å². The molecule has 0 bridgehead atoms. The average Bonchev–Trinajstić information content (AvgIpc) is 2.96. The molecule has 2 aromatic carbocycles. The van der Waals surface area contributed by atoms with Crippen LogP contribution >= 0.6 is 0 Å². The molecule has 1 fully saturated rings. The summed E-state index contributed by atoms with van der Waals surface area (Å²) < 4.78 is 5.12. The first kappa shape index (κ1) is 21.5. The standard InChI is InChI=1S/C23H27N3O4/c1-17-9-11-19(12-10-17)23(2)21(28)26(22(29)24-23)16-20(27)25(13-14-30-3)15-18-7-5-4-6-8-18/h4-12H,13-16H2,1-3H3,(H,24,29). The number of carbonyl (C=O) groups is 3. The maximum atomic E-state index is 13.1. The lowest BCUT2D eigenvalue weighted by molar-refractivity contribution is -0.139. The molecule has 1 unspecified atom stereocenters. The molecule has 3 rings (SSSR count). The van der Waals surface area contributed by atoms with Gasteiger partial charge < -0.3 is 15.0 Å². The summed E-state index contributed by atoms with van der Waals surface area (Å²) in [5.74, 6) is -0.747. The second-order valence-corrected chi connectivity index (χ2v) is 7.61. The van der Waals surface area contributed by atoms with Crippen molar-refractivity contribution in [3.05, 3.63) is 71.3 Å². The lowest BCUT2D eigenvalue weighted by atomic mass is 9.91. The van der Waals surface area contributed by atoms with Gasteiger partial charge >= 0.3 is 6.03 Å². The van der Waals surface area contributed by atoms with Crippen LogP contribution in [0, 0.1) is 6.92 Å². The van der Waals surface area contributed by atoms with Crippen LogP contribution in [0.15, 0.2) is 54.6 Å². The van der Waals surface area contributed by atoms with Gasteiger partial charge in [0.2, 0.25) is 5.91 Å². The minimum absolute atomic E-state index is 0.312. The molecule has 7 heteroatoms. The molecule has 1 atom stereocenters. The molecule has 7 nitrogen and oxygen atoms in total. The van der Waals surface area contributed by atoms with Crippen LogP contribution in [0.2, 0.25) is 0 Å². The number of rotatable bonds is 8. The maximum Gasteiger partial charge on any atom is 0.325 e. The summed E-state index contributed by atoms with van der Waals surface area (Å²) in [7, 11) is 1.57. The number of imide groups is 1. The van der Waals surface area contributed by atoms with Gasteiger partial charge in [0.1, 0.15) is 12.1 Å². The van der Waals surface area contributed by atoms with Crippen LogP contribution in [-0.4, -0.2) is 54.5 Å². The fourth-order valence-electron chi connectivity index (χ4n) is 3.46. The third kappa shape index (κ3) is 4.52. The number of urea groups is 1. The largest absolute Gasteiger partial charge is 0.383 e. The SMILES string of the molecule is COCCN(Cc1ccccc1)C(=O)CN1C(=O)NC(C)(c2ccc(C)cc2)C1=O. The molecule has 0 aliphatic carbocycles. The van der Waals surface area contributed by atoms with Gasteiger partial charge in [-0.25, -0.2) is 4.79 Å². The van der Waals surface area contributed by atoms with Gasteiger partial charge in [0.15, 0.2) is 0 Å². The summed E-state index contributed by atoms with van der Waals surface area (Å²) in [5.41, 5.74) is 1.51. The van der Waals surface area contributed by atoms with Crippen molar-refractivity contribution in [1.82, 2.24) is 15.1 Å². The van der Waals surface area contributed by atoms with Gasteiger partial charge in [-0.05, 0) is 25.0 Å². The van der Waals surface area contributed by atoms with Crippen LogP contribution in [0.25, 0.3) is 0 Å². The fourth-order valence-corrected chi connectivity index (χ4v) is 3.46. The maximum absolute atomic E-state index is 13.1. The van der Waals surface area contributed by atoms with Crippen LogP contribution < -0.4 is 5.32 Å². The molecule has 30 heavy (non-hydrogen) atoms. The van der Waals surface area contributed by atoms with E-state index in [0.29, 0.717) is 25.3 Å². The summed E-state index contributed by atoms with van der Waals surface area (Å²) in [6.45, 7) is 4.40. The molecule has 1 heterocycles. The average molecular weight is 409 g/mol. The molecule has 1 saturated heterocycles. The van der Waals surface area contributed by atoms with Crippen LogP contribution in [0.1, 0.15) is 23.6 Å². The monoisotopic (exact) mass is 409 g/mol. The Balaban J connectivity index is 1.75.